The molecule has 3 aromatic rings. The van der Waals surface area contributed by atoms with Crippen LogP contribution in [0.2, 0.25) is 0 Å². The molecule has 10 heteroatoms. The zero-order valence-electron chi connectivity index (χ0n) is 14.6. The first-order valence-corrected chi connectivity index (χ1v) is 9.77. The molecule has 0 aliphatic carbocycles. The first-order valence-electron chi connectivity index (χ1n) is 8.01. The number of aryl methyl sites for hydroxylation is 1. The number of rotatable bonds is 7. The van der Waals surface area contributed by atoms with Gasteiger partial charge in [0.15, 0.2) is 0 Å². The van der Waals surface area contributed by atoms with Crippen molar-refractivity contribution in [3.63, 3.8) is 0 Å². The number of anilines is 1. The molecule has 0 saturated heterocycles. The number of primary amides is 1. The van der Waals surface area contributed by atoms with Crippen molar-refractivity contribution in [3.05, 3.63) is 51.8 Å². The second-order valence-electron chi connectivity index (χ2n) is 5.69. The molecule has 0 radical (unpaired) electrons. The molecule has 27 heavy (non-hydrogen) atoms. The van der Waals surface area contributed by atoms with E-state index < -0.39 is 11.2 Å². The number of carbonyl (C=O) groups excluding carboxylic acids is 2. The molecule has 0 aliphatic rings. The average molecular weight is 403 g/mol. The van der Waals surface area contributed by atoms with Gasteiger partial charge in [0.25, 0.3) is 5.22 Å². The van der Waals surface area contributed by atoms with Gasteiger partial charge in [0, 0.05) is 16.6 Å². The van der Waals surface area contributed by atoms with Crippen LogP contribution >= 0.6 is 23.1 Å². The number of amides is 2. The number of nitrogens with one attached hydrogen (secondary N) is 1. The normalized spacial score (nSPS) is 11.9. The molecule has 0 saturated carbocycles. The minimum Gasteiger partial charge on any atom is -0.416 e. The van der Waals surface area contributed by atoms with Gasteiger partial charge in [0.1, 0.15) is 0 Å². The number of hydrogen-bond donors (Lipinski definition) is 2. The zero-order chi connectivity index (χ0) is 19.4. The summed E-state index contributed by atoms with van der Waals surface area (Å²) < 4.78 is 5.58. The van der Waals surface area contributed by atoms with Gasteiger partial charge in [-0.3, -0.25) is 9.59 Å². The van der Waals surface area contributed by atoms with Gasteiger partial charge in [-0.25, -0.2) is 4.98 Å². The second-order valence-corrected chi connectivity index (χ2v) is 8.04. The van der Waals surface area contributed by atoms with E-state index in [-0.39, 0.29) is 5.91 Å². The number of thiazole rings is 1. The summed E-state index contributed by atoms with van der Waals surface area (Å²) in [4.78, 5) is 27.7. The van der Waals surface area contributed by atoms with Crippen molar-refractivity contribution in [2.45, 2.75) is 30.7 Å². The van der Waals surface area contributed by atoms with Gasteiger partial charge in [-0.2, -0.15) is 0 Å². The lowest BCUT2D eigenvalue weighted by molar-refractivity contribution is -0.115. The number of carbonyl (C=O) groups is 2. The van der Waals surface area contributed by atoms with Crippen molar-refractivity contribution in [3.8, 4) is 0 Å². The standard InChI is InChI=1S/C17H17N5O3S2/c1-9(16(24)20-12-5-3-11(4-6-12)15(18)23)27-17-22-21-14(25-17)7-13-8-26-10(2)19-13/h3-6,8-9H,7H2,1-2H3,(H2,18,23)(H,20,24)/t9-/m1/s1. The molecule has 2 heterocycles. The fourth-order valence-corrected chi connectivity index (χ4v) is 3.48. The van der Waals surface area contributed by atoms with Crippen LogP contribution in [0.15, 0.2) is 39.3 Å². The Labute approximate surface area is 163 Å². The summed E-state index contributed by atoms with van der Waals surface area (Å²) in [5.74, 6) is -0.282. The van der Waals surface area contributed by atoms with Crippen molar-refractivity contribution in [1.29, 1.82) is 0 Å². The molecule has 3 N–H and O–H groups in total. The number of thioether (sulfide) groups is 1. The van der Waals surface area contributed by atoms with E-state index in [0.717, 1.165) is 10.7 Å². The van der Waals surface area contributed by atoms with Crippen molar-refractivity contribution in [1.82, 2.24) is 15.2 Å². The monoisotopic (exact) mass is 403 g/mol. The summed E-state index contributed by atoms with van der Waals surface area (Å²) in [6.07, 6.45) is 0.463. The molecule has 0 bridgehead atoms. The van der Waals surface area contributed by atoms with E-state index in [4.69, 9.17) is 10.2 Å². The van der Waals surface area contributed by atoms with Crippen LogP contribution in [0, 0.1) is 6.92 Å². The maximum absolute atomic E-state index is 12.3. The van der Waals surface area contributed by atoms with E-state index in [1.54, 1.807) is 42.5 Å². The van der Waals surface area contributed by atoms with Crippen LogP contribution in [-0.2, 0) is 11.2 Å². The molecular weight excluding hydrogens is 386 g/mol. The van der Waals surface area contributed by atoms with E-state index in [0.29, 0.717) is 28.8 Å². The quantitative estimate of drug-likeness (QED) is 0.581. The molecule has 0 fully saturated rings. The van der Waals surface area contributed by atoms with Gasteiger partial charge in [0.05, 0.1) is 22.4 Å². The number of hydrogen-bond acceptors (Lipinski definition) is 8. The summed E-state index contributed by atoms with van der Waals surface area (Å²) in [5, 5.41) is 13.5. The Morgan fingerprint density at radius 2 is 2.04 bits per heavy atom. The zero-order valence-corrected chi connectivity index (χ0v) is 16.3. The molecule has 3 rings (SSSR count). The summed E-state index contributed by atoms with van der Waals surface area (Å²) >= 11 is 2.73. The molecule has 2 amide bonds. The Morgan fingerprint density at radius 3 is 2.67 bits per heavy atom. The predicted molar refractivity (Wildman–Crippen MR) is 103 cm³/mol. The van der Waals surface area contributed by atoms with Crippen molar-refractivity contribution < 1.29 is 14.0 Å². The molecule has 0 spiro atoms. The summed E-state index contributed by atoms with van der Waals surface area (Å²) in [6.45, 7) is 3.68. The van der Waals surface area contributed by atoms with E-state index in [2.05, 4.69) is 20.5 Å². The minimum absolute atomic E-state index is 0.221. The first-order chi connectivity index (χ1) is 12.9. The fourth-order valence-electron chi connectivity index (χ4n) is 2.17. The van der Waals surface area contributed by atoms with Crippen molar-refractivity contribution >= 4 is 40.6 Å². The average Bonchev–Trinajstić information content (AvgIpc) is 3.24. The number of nitrogens with two attached hydrogens (primary N) is 1. The lowest BCUT2D eigenvalue weighted by Gasteiger charge is -2.10. The Bertz CT molecular complexity index is 952. The van der Waals surface area contributed by atoms with E-state index >= 15 is 0 Å². The van der Waals surface area contributed by atoms with Crippen molar-refractivity contribution in [2.75, 3.05) is 5.32 Å². The number of benzene rings is 1. The maximum Gasteiger partial charge on any atom is 0.277 e. The van der Waals surface area contributed by atoms with Gasteiger partial charge in [-0.15, -0.1) is 21.5 Å². The van der Waals surface area contributed by atoms with E-state index in [9.17, 15) is 9.59 Å². The second kappa shape index (κ2) is 8.31. The third-order valence-electron chi connectivity index (χ3n) is 3.53. The minimum atomic E-state index is -0.517. The van der Waals surface area contributed by atoms with Crippen molar-refractivity contribution in [2.24, 2.45) is 5.73 Å². The summed E-state index contributed by atoms with van der Waals surface area (Å²) in [7, 11) is 0. The first kappa shape index (κ1) is 19.1. The Hall–Kier alpha value is -2.72. The van der Waals surface area contributed by atoms with E-state index in [1.807, 2.05) is 12.3 Å². The number of nitrogens with zero attached hydrogens (tertiary/aromatic N) is 3. The van der Waals surface area contributed by atoms with Crippen LogP contribution in [0.3, 0.4) is 0 Å². The van der Waals surface area contributed by atoms with Gasteiger partial charge in [0.2, 0.25) is 17.7 Å². The third kappa shape index (κ3) is 5.14. The molecule has 140 valence electrons. The Balaban J connectivity index is 1.55. The Kier molecular flexibility index (Phi) is 5.87. The molecule has 8 nitrogen and oxygen atoms in total. The van der Waals surface area contributed by atoms with Crippen LogP contribution in [0.25, 0.3) is 0 Å². The largest absolute Gasteiger partial charge is 0.416 e. The van der Waals surface area contributed by atoms with Gasteiger partial charge in [-0.1, -0.05) is 11.8 Å². The molecule has 2 aromatic heterocycles. The topological polar surface area (TPSA) is 124 Å². The van der Waals surface area contributed by atoms with Crippen LogP contribution in [-0.4, -0.2) is 32.2 Å². The van der Waals surface area contributed by atoms with Gasteiger partial charge < -0.3 is 15.5 Å². The molecular formula is C17H17N5O3S2. The Morgan fingerprint density at radius 1 is 1.30 bits per heavy atom. The van der Waals surface area contributed by atoms with Crippen LogP contribution in [0.5, 0.6) is 0 Å². The van der Waals surface area contributed by atoms with Crippen LogP contribution in [0.4, 0.5) is 5.69 Å². The molecule has 1 aromatic carbocycles. The molecule has 1 atom stereocenters. The third-order valence-corrected chi connectivity index (χ3v) is 5.29. The fraction of sp³-hybridized carbons (Fsp3) is 0.235. The lowest BCUT2D eigenvalue weighted by Crippen LogP contribution is -2.22. The smallest absolute Gasteiger partial charge is 0.277 e. The van der Waals surface area contributed by atoms with Gasteiger partial charge in [-0.05, 0) is 38.1 Å². The van der Waals surface area contributed by atoms with Crippen LogP contribution < -0.4 is 11.1 Å². The highest BCUT2D eigenvalue weighted by Crippen LogP contribution is 2.24. The summed E-state index contributed by atoms with van der Waals surface area (Å²) in [6, 6.07) is 6.35. The maximum atomic E-state index is 12.3. The van der Waals surface area contributed by atoms with E-state index in [1.165, 1.54) is 11.8 Å². The molecule has 0 aliphatic heterocycles. The molecule has 0 unspecified atom stereocenters. The SMILES string of the molecule is Cc1nc(Cc2nnc(S[C@H](C)C(=O)Nc3ccc(C(N)=O)cc3)o2)cs1. The summed E-state index contributed by atoms with van der Waals surface area (Å²) in [5.41, 5.74) is 7.02. The number of aromatic nitrogens is 3. The predicted octanol–water partition coefficient (Wildman–Crippen LogP) is 2.64. The van der Waals surface area contributed by atoms with Gasteiger partial charge >= 0.3 is 0 Å². The highest BCUT2D eigenvalue weighted by molar-refractivity contribution is 8.00. The van der Waals surface area contributed by atoms with Crippen LogP contribution in [0.1, 0.15) is 33.9 Å². The lowest BCUT2D eigenvalue weighted by atomic mass is 10.2. The highest BCUT2D eigenvalue weighted by Gasteiger charge is 2.19. The highest BCUT2D eigenvalue weighted by atomic mass is 32.2.